The lowest BCUT2D eigenvalue weighted by atomic mass is 10.00. The molecule has 2 atom stereocenters. The molecule has 1 aromatic heterocycles. The van der Waals surface area contributed by atoms with Gasteiger partial charge in [-0.05, 0) is 51.1 Å². The van der Waals surface area contributed by atoms with Crippen LogP contribution in [-0.4, -0.2) is 76.8 Å². The molecule has 0 radical (unpaired) electrons. The minimum absolute atomic E-state index is 0.0115. The number of nitrogens with one attached hydrogen (secondary N) is 1. The Morgan fingerprint density at radius 1 is 1.27 bits per heavy atom. The van der Waals surface area contributed by atoms with Gasteiger partial charge < -0.3 is 25.6 Å². The average molecular weight is 525 g/mol. The number of hydrogen-bond acceptors (Lipinski definition) is 7. The molecule has 0 saturated carbocycles. The summed E-state index contributed by atoms with van der Waals surface area (Å²) >= 11 is 0. The van der Waals surface area contributed by atoms with Crippen LogP contribution in [0.25, 0.3) is 0 Å². The molecule has 4 rings (SSSR count). The first-order valence-electron chi connectivity index (χ1n) is 12.1. The van der Waals surface area contributed by atoms with Gasteiger partial charge in [0.1, 0.15) is 5.56 Å². The van der Waals surface area contributed by atoms with Crippen LogP contribution in [-0.2, 0) is 9.59 Å². The number of hydrogen-bond donors (Lipinski definition) is 2. The molecule has 10 nitrogen and oxygen atoms in total. The quantitative estimate of drug-likeness (QED) is 0.441. The van der Waals surface area contributed by atoms with Crippen molar-refractivity contribution in [3.05, 3.63) is 42.1 Å². The number of piperidine rings is 1. The Hall–Kier alpha value is -3.57. The van der Waals surface area contributed by atoms with Crippen molar-refractivity contribution in [3.63, 3.8) is 0 Å². The van der Waals surface area contributed by atoms with E-state index in [1.807, 2.05) is 32.3 Å². The molecular formula is C26H32N6O4S. The van der Waals surface area contributed by atoms with E-state index >= 15 is 0 Å². The van der Waals surface area contributed by atoms with Gasteiger partial charge in [0.25, 0.3) is 5.91 Å². The molecule has 2 aromatic rings. The van der Waals surface area contributed by atoms with Crippen LogP contribution in [0.1, 0.15) is 36.5 Å². The van der Waals surface area contributed by atoms with E-state index in [1.54, 1.807) is 4.90 Å². The lowest BCUT2D eigenvalue weighted by molar-refractivity contribution is -0.141. The number of nitrogens with zero attached hydrogens (tertiary/aromatic N) is 4. The summed E-state index contributed by atoms with van der Waals surface area (Å²) in [5.41, 5.74) is 6.52. The summed E-state index contributed by atoms with van der Waals surface area (Å²) in [5, 5.41) is 3.61. The Balaban J connectivity index is 1.67. The number of rotatable bonds is 6. The summed E-state index contributed by atoms with van der Waals surface area (Å²) < 4.78 is 5.05. The van der Waals surface area contributed by atoms with Gasteiger partial charge in [-0.1, -0.05) is 29.5 Å². The van der Waals surface area contributed by atoms with Gasteiger partial charge in [0, 0.05) is 24.4 Å². The molecule has 2 aliphatic rings. The molecule has 196 valence electrons. The number of methoxy groups -OCH3 is 1. The van der Waals surface area contributed by atoms with E-state index in [9.17, 15) is 14.4 Å². The molecule has 37 heavy (non-hydrogen) atoms. The maximum atomic E-state index is 13.6. The minimum Gasteiger partial charge on any atom is -0.480 e. The van der Waals surface area contributed by atoms with Gasteiger partial charge in [0.2, 0.25) is 5.88 Å². The number of anilines is 1. The number of benzene rings is 1. The summed E-state index contributed by atoms with van der Waals surface area (Å²) in [6, 6.07) is 9.36. The number of primary amides is 1. The van der Waals surface area contributed by atoms with Gasteiger partial charge in [0.15, 0.2) is 0 Å². The molecule has 11 heteroatoms. The van der Waals surface area contributed by atoms with Crippen molar-refractivity contribution in [1.82, 2.24) is 14.8 Å². The Morgan fingerprint density at radius 3 is 2.73 bits per heavy atom. The van der Waals surface area contributed by atoms with Crippen molar-refractivity contribution in [3.8, 4) is 5.88 Å². The number of pyridine rings is 1. The predicted molar refractivity (Wildman–Crippen MR) is 146 cm³/mol. The van der Waals surface area contributed by atoms with Gasteiger partial charge >= 0.3 is 11.8 Å². The number of aliphatic imine (C=N–C) groups is 1. The Morgan fingerprint density at radius 2 is 2.03 bits per heavy atom. The third-order valence-electron chi connectivity index (χ3n) is 6.23. The summed E-state index contributed by atoms with van der Waals surface area (Å²) in [6.45, 7) is 3.36. The van der Waals surface area contributed by atoms with Crippen molar-refractivity contribution in [2.24, 2.45) is 16.6 Å². The Kier molecular flexibility index (Phi) is 8.03. The molecule has 1 aromatic carbocycles. The number of amides is 3. The minimum atomic E-state index is -0.808. The van der Waals surface area contributed by atoms with E-state index in [0.717, 1.165) is 40.0 Å². The number of likely N-dealkylation sites (tertiary alicyclic amines) is 1. The highest BCUT2D eigenvalue weighted by atomic mass is 32.2. The van der Waals surface area contributed by atoms with Crippen LogP contribution in [0, 0.1) is 5.92 Å². The zero-order valence-electron chi connectivity index (χ0n) is 21.5. The van der Waals surface area contributed by atoms with Gasteiger partial charge in [-0.2, -0.15) is 0 Å². The Bertz CT molecular complexity index is 1310. The molecule has 1 saturated heterocycles. The first-order valence-corrected chi connectivity index (χ1v) is 13.3. The molecule has 0 spiro atoms. The standard InChI is InChI=1S/C26H32N6O4S/c1-16-9-10-22(37-20-8-6-5-7-19(20)30-21(37)11-12-31(2)3)32(15-16)26(35)24(34)29-17-13-18(23(27)33)25(36-4)28-14-17/h5-8,13-14,16H,9-12,15H2,1-4H3,(H2,27,33)(H,29,34). The van der Waals surface area contributed by atoms with Gasteiger partial charge in [-0.3, -0.25) is 14.4 Å². The fraction of sp³-hybridized carbons (Fsp3) is 0.385. The molecule has 0 bridgehead atoms. The van der Waals surface area contributed by atoms with Crippen molar-refractivity contribution in [2.45, 2.75) is 31.1 Å². The zero-order valence-corrected chi connectivity index (χ0v) is 22.3. The fourth-order valence-corrected chi connectivity index (χ4v) is 6.86. The lowest BCUT2D eigenvalue weighted by Gasteiger charge is -2.34. The van der Waals surface area contributed by atoms with E-state index in [4.69, 9.17) is 15.5 Å². The van der Waals surface area contributed by atoms with Gasteiger partial charge in [-0.25, -0.2) is 9.98 Å². The summed E-state index contributed by atoms with van der Waals surface area (Å²) in [6.07, 6.45) is 3.72. The van der Waals surface area contributed by atoms with Crippen LogP contribution in [0.3, 0.4) is 0 Å². The third kappa shape index (κ3) is 5.72. The first kappa shape index (κ1) is 26.5. The van der Waals surface area contributed by atoms with E-state index in [0.29, 0.717) is 13.0 Å². The van der Waals surface area contributed by atoms with Crippen molar-refractivity contribution < 1.29 is 19.1 Å². The topological polar surface area (TPSA) is 130 Å². The van der Waals surface area contributed by atoms with Crippen molar-refractivity contribution in [1.29, 1.82) is 0 Å². The number of carbonyl (C=O) groups is 3. The summed E-state index contributed by atoms with van der Waals surface area (Å²) in [5.74, 6) is -1.92. The third-order valence-corrected chi connectivity index (χ3v) is 8.68. The number of nitrogens with two attached hydrogens (primary N) is 1. The first-order chi connectivity index (χ1) is 17.7. The second-order valence-corrected chi connectivity index (χ2v) is 11.4. The lowest BCUT2D eigenvalue weighted by Crippen LogP contribution is -2.48. The van der Waals surface area contributed by atoms with Crippen LogP contribution >= 0.6 is 10.5 Å². The zero-order chi connectivity index (χ0) is 26.7. The van der Waals surface area contributed by atoms with E-state index < -0.39 is 28.2 Å². The molecule has 2 unspecified atom stereocenters. The maximum Gasteiger partial charge on any atom is 0.316 e. The van der Waals surface area contributed by atoms with E-state index in [1.165, 1.54) is 19.4 Å². The number of para-hydroxylation sites is 1. The molecule has 0 aliphatic carbocycles. The monoisotopic (exact) mass is 524 g/mol. The number of fused-ring (bicyclic) bond motifs is 1. The smallest absolute Gasteiger partial charge is 0.316 e. The van der Waals surface area contributed by atoms with Crippen LogP contribution in [0.2, 0.25) is 0 Å². The normalized spacial score (nSPS) is 19.9. The average Bonchev–Trinajstić information content (AvgIpc) is 3.25. The van der Waals surface area contributed by atoms with Crippen LogP contribution in [0.15, 0.2) is 46.4 Å². The van der Waals surface area contributed by atoms with Crippen molar-refractivity contribution in [2.75, 3.05) is 39.6 Å². The van der Waals surface area contributed by atoms with Crippen molar-refractivity contribution >= 4 is 49.6 Å². The SMILES string of the molecule is COc1ncc(NC(=O)C(=O)N2CC(C)CCC2=S2C(CCN(C)C)=Nc3ccccc32)cc1C(N)=O. The van der Waals surface area contributed by atoms with Crippen LogP contribution in [0.4, 0.5) is 11.4 Å². The second-order valence-electron chi connectivity index (χ2n) is 9.39. The predicted octanol–water partition coefficient (Wildman–Crippen LogP) is 2.84. The van der Waals surface area contributed by atoms with E-state index in [-0.39, 0.29) is 23.0 Å². The molecule has 3 heterocycles. The van der Waals surface area contributed by atoms with Crippen LogP contribution in [0.5, 0.6) is 5.88 Å². The largest absolute Gasteiger partial charge is 0.480 e. The molecule has 3 N–H and O–H groups in total. The Labute approximate surface area is 218 Å². The van der Waals surface area contributed by atoms with Gasteiger partial charge in [0.05, 0.1) is 34.7 Å². The fourth-order valence-electron chi connectivity index (χ4n) is 4.35. The molecule has 1 fully saturated rings. The number of carbonyl (C=O) groups excluding carboxylic acids is 3. The second kappa shape index (κ2) is 11.2. The highest BCUT2D eigenvalue weighted by Gasteiger charge is 2.34. The molecule has 2 aliphatic heterocycles. The molecular weight excluding hydrogens is 492 g/mol. The maximum absolute atomic E-state index is 13.6. The highest BCUT2D eigenvalue weighted by Crippen LogP contribution is 2.46. The van der Waals surface area contributed by atoms with Gasteiger partial charge in [-0.15, -0.1) is 0 Å². The highest BCUT2D eigenvalue weighted by molar-refractivity contribution is 8.29. The molecule has 3 amide bonds. The number of aromatic nitrogens is 1. The van der Waals surface area contributed by atoms with Crippen LogP contribution < -0.4 is 15.8 Å². The summed E-state index contributed by atoms with van der Waals surface area (Å²) in [4.78, 5) is 53.1. The van der Waals surface area contributed by atoms with E-state index in [2.05, 4.69) is 28.2 Å². The number of ether oxygens (including phenoxy) is 1. The summed E-state index contributed by atoms with van der Waals surface area (Å²) in [7, 11) is 4.90.